The van der Waals surface area contributed by atoms with E-state index in [2.05, 4.69) is 5.32 Å². The molecular formula is C17H10ClN3O3. The molecule has 1 heterocycles. The van der Waals surface area contributed by atoms with Crippen LogP contribution >= 0.6 is 11.6 Å². The molecule has 0 unspecified atom stereocenters. The minimum Gasteiger partial charge on any atom is -0.325 e. The van der Waals surface area contributed by atoms with Gasteiger partial charge >= 0.3 is 0 Å². The first-order valence-corrected chi connectivity index (χ1v) is 7.33. The van der Waals surface area contributed by atoms with E-state index < -0.39 is 24.3 Å². The van der Waals surface area contributed by atoms with Crippen LogP contribution in [0.4, 0.5) is 5.69 Å². The monoisotopic (exact) mass is 339 g/mol. The lowest BCUT2D eigenvalue weighted by Crippen LogP contribution is -2.37. The zero-order valence-corrected chi connectivity index (χ0v) is 13.0. The molecule has 0 spiro atoms. The summed E-state index contributed by atoms with van der Waals surface area (Å²) in [7, 11) is 0. The zero-order chi connectivity index (χ0) is 17.3. The summed E-state index contributed by atoms with van der Waals surface area (Å²) < 4.78 is 0. The van der Waals surface area contributed by atoms with Gasteiger partial charge in [-0.15, -0.1) is 0 Å². The fourth-order valence-electron chi connectivity index (χ4n) is 2.38. The Kier molecular flexibility index (Phi) is 4.02. The van der Waals surface area contributed by atoms with Gasteiger partial charge < -0.3 is 5.32 Å². The van der Waals surface area contributed by atoms with E-state index in [-0.39, 0.29) is 11.1 Å². The van der Waals surface area contributed by atoms with Crippen LogP contribution in [0.5, 0.6) is 0 Å². The molecule has 0 aromatic heterocycles. The number of amides is 3. The van der Waals surface area contributed by atoms with E-state index in [1.807, 2.05) is 6.07 Å². The largest absolute Gasteiger partial charge is 0.325 e. The Morgan fingerprint density at radius 2 is 1.75 bits per heavy atom. The topological polar surface area (TPSA) is 90.3 Å². The van der Waals surface area contributed by atoms with Crippen molar-refractivity contribution in [3.8, 4) is 6.07 Å². The van der Waals surface area contributed by atoms with Crippen LogP contribution in [-0.4, -0.2) is 29.2 Å². The third-order valence-electron chi connectivity index (χ3n) is 3.53. The third-order valence-corrected chi connectivity index (χ3v) is 3.77. The van der Waals surface area contributed by atoms with E-state index in [1.165, 1.54) is 18.2 Å². The molecule has 118 valence electrons. The average molecular weight is 340 g/mol. The summed E-state index contributed by atoms with van der Waals surface area (Å²) in [5, 5.41) is 11.7. The van der Waals surface area contributed by atoms with Crippen molar-refractivity contribution in [1.29, 1.82) is 5.26 Å². The number of nitrogens with zero attached hydrogens (tertiary/aromatic N) is 2. The Labute approximate surface area is 142 Å². The summed E-state index contributed by atoms with van der Waals surface area (Å²) in [6.45, 7) is -0.399. The van der Waals surface area contributed by atoms with Crippen molar-refractivity contribution in [3.05, 3.63) is 64.2 Å². The second-order valence-electron chi connectivity index (χ2n) is 5.12. The second-order valence-corrected chi connectivity index (χ2v) is 5.56. The van der Waals surface area contributed by atoms with Crippen molar-refractivity contribution in [2.75, 3.05) is 11.9 Å². The highest BCUT2D eigenvalue weighted by Crippen LogP contribution is 2.25. The van der Waals surface area contributed by atoms with E-state index in [4.69, 9.17) is 16.9 Å². The molecule has 0 atom stereocenters. The molecule has 1 aliphatic rings. The fourth-order valence-corrected chi connectivity index (χ4v) is 2.55. The van der Waals surface area contributed by atoms with Gasteiger partial charge in [-0.25, -0.2) is 0 Å². The third kappa shape index (κ3) is 2.85. The highest BCUT2D eigenvalue weighted by Gasteiger charge is 2.36. The van der Waals surface area contributed by atoms with Crippen molar-refractivity contribution in [2.45, 2.75) is 0 Å². The number of benzene rings is 2. The summed E-state index contributed by atoms with van der Waals surface area (Å²) in [4.78, 5) is 37.5. The van der Waals surface area contributed by atoms with E-state index in [9.17, 15) is 14.4 Å². The Hall–Kier alpha value is -3.17. The van der Waals surface area contributed by atoms with Crippen molar-refractivity contribution in [1.82, 2.24) is 4.90 Å². The molecule has 7 heteroatoms. The van der Waals surface area contributed by atoms with E-state index in [0.29, 0.717) is 16.3 Å². The Bertz CT molecular complexity index is 900. The number of carbonyl (C=O) groups is 3. The van der Waals surface area contributed by atoms with Gasteiger partial charge in [-0.1, -0.05) is 11.6 Å². The average Bonchev–Trinajstić information content (AvgIpc) is 2.80. The number of nitrogens with one attached hydrogen (secondary N) is 1. The second kappa shape index (κ2) is 6.14. The van der Waals surface area contributed by atoms with Crippen molar-refractivity contribution >= 4 is 35.0 Å². The maximum Gasteiger partial charge on any atom is 0.262 e. The molecule has 0 radical (unpaired) electrons. The molecule has 24 heavy (non-hydrogen) atoms. The molecule has 3 amide bonds. The van der Waals surface area contributed by atoms with Gasteiger partial charge in [0, 0.05) is 10.7 Å². The first-order chi connectivity index (χ1) is 11.5. The van der Waals surface area contributed by atoms with Crippen molar-refractivity contribution in [3.63, 3.8) is 0 Å². The van der Waals surface area contributed by atoms with Crippen LogP contribution in [0, 0.1) is 11.3 Å². The van der Waals surface area contributed by atoms with Crippen LogP contribution in [-0.2, 0) is 4.79 Å². The zero-order valence-electron chi connectivity index (χ0n) is 12.2. The molecule has 2 aromatic carbocycles. The van der Waals surface area contributed by atoms with Crippen LogP contribution in [0.3, 0.4) is 0 Å². The Balaban J connectivity index is 1.72. The number of nitriles is 1. The number of hydrogen-bond acceptors (Lipinski definition) is 4. The minimum absolute atomic E-state index is 0.193. The summed E-state index contributed by atoms with van der Waals surface area (Å²) in [6, 6.07) is 12.6. The molecule has 1 N–H and O–H groups in total. The van der Waals surface area contributed by atoms with Gasteiger partial charge in [0.2, 0.25) is 5.91 Å². The van der Waals surface area contributed by atoms with Crippen molar-refractivity contribution in [2.24, 2.45) is 0 Å². The lowest BCUT2D eigenvalue weighted by molar-refractivity contribution is -0.116. The number of rotatable bonds is 3. The van der Waals surface area contributed by atoms with Gasteiger partial charge in [0.25, 0.3) is 11.8 Å². The van der Waals surface area contributed by atoms with E-state index in [0.717, 1.165) is 4.90 Å². The van der Waals surface area contributed by atoms with Crippen LogP contribution < -0.4 is 5.32 Å². The minimum atomic E-state index is -0.549. The number of hydrogen-bond donors (Lipinski definition) is 1. The molecule has 0 saturated carbocycles. The smallest absolute Gasteiger partial charge is 0.262 e. The highest BCUT2D eigenvalue weighted by atomic mass is 35.5. The lowest BCUT2D eigenvalue weighted by atomic mass is 10.1. The van der Waals surface area contributed by atoms with Gasteiger partial charge in [0.15, 0.2) is 0 Å². The number of anilines is 1. The van der Waals surface area contributed by atoms with Crippen LogP contribution in [0.1, 0.15) is 26.3 Å². The van der Waals surface area contributed by atoms with Gasteiger partial charge in [-0.3, -0.25) is 19.3 Å². The highest BCUT2D eigenvalue weighted by molar-refractivity contribution is 6.32. The Morgan fingerprint density at radius 3 is 2.42 bits per heavy atom. The fraction of sp³-hybridized carbons (Fsp3) is 0.0588. The molecule has 3 rings (SSSR count). The first kappa shape index (κ1) is 15.7. The molecule has 0 saturated heterocycles. The maximum atomic E-state index is 12.3. The summed E-state index contributed by atoms with van der Waals surface area (Å²) in [5.74, 6) is -1.59. The molecular weight excluding hydrogens is 330 g/mol. The number of halogens is 1. The van der Waals surface area contributed by atoms with Gasteiger partial charge in [-0.2, -0.15) is 5.26 Å². The van der Waals surface area contributed by atoms with Crippen LogP contribution in [0.2, 0.25) is 5.02 Å². The van der Waals surface area contributed by atoms with Crippen LogP contribution in [0.25, 0.3) is 0 Å². The number of imide groups is 1. The molecule has 0 aliphatic carbocycles. The number of carbonyl (C=O) groups excluding carboxylic acids is 3. The van der Waals surface area contributed by atoms with Gasteiger partial charge in [0.05, 0.1) is 22.8 Å². The van der Waals surface area contributed by atoms with Crippen LogP contribution in [0.15, 0.2) is 42.5 Å². The molecule has 2 aromatic rings. The summed E-state index contributed by atoms with van der Waals surface area (Å²) in [5.41, 5.74) is 1.36. The number of fused-ring (bicyclic) bond motifs is 1. The summed E-state index contributed by atoms with van der Waals surface area (Å²) in [6.07, 6.45) is 0. The van der Waals surface area contributed by atoms with Gasteiger partial charge in [-0.05, 0) is 42.5 Å². The molecule has 1 aliphatic heterocycles. The normalized spacial score (nSPS) is 12.8. The first-order valence-electron chi connectivity index (χ1n) is 6.95. The SMILES string of the molecule is N#Cc1ccc(NC(=O)CN2C(=O)c3ccc(Cl)cc3C2=O)cc1. The van der Waals surface area contributed by atoms with Gasteiger partial charge in [0.1, 0.15) is 6.54 Å². The molecule has 6 nitrogen and oxygen atoms in total. The summed E-state index contributed by atoms with van der Waals surface area (Å²) >= 11 is 5.84. The predicted octanol–water partition coefficient (Wildman–Crippen LogP) is 2.45. The maximum absolute atomic E-state index is 12.3. The lowest BCUT2D eigenvalue weighted by Gasteiger charge is -2.13. The quantitative estimate of drug-likeness (QED) is 0.870. The molecule has 0 bridgehead atoms. The predicted molar refractivity (Wildman–Crippen MR) is 86.6 cm³/mol. The van der Waals surface area contributed by atoms with E-state index in [1.54, 1.807) is 24.3 Å². The Morgan fingerprint density at radius 1 is 1.08 bits per heavy atom. The van der Waals surface area contributed by atoms with Crippen molar-refractivity contribution < 1.29 is 14.4 Å². The van der Waals surface area contributed by atoms with E-state index >= 15 is 0 Å². The molecule has 0 fully saturated rings. The standard InChI is InChI=1S/C17H10ClN3O3/c18-11-3-6-13-14(7-11)17(24)21(16(13)23)9-15(22)20-12-4-1-10(8-19)2-5-12/h1-7H,9H2,(H,20,22).